The van der Waals surface area contributed by atoms with Crippen molar-refractivity contribution in [2.45, 2.75) is 13.8 Å². The van der Waals surface area contributed by atoms with E-state index in [9.17, 15) is 16.8 Å². The van der Waals surface area contributed by atoms with E-state index in [0.29, 0.717) is 5.69 Å². The Balaban J connectivity index is 1.85. The molecule has 0 spiro atoms. The van der Waals surface area contributed by atoms with Gasteiger partial charge in [-0.25, -0.2) is 12.6 Å². The van der Waals surface area contributed by atoms with Crippen molar-refractivity contribution in [1.82, 2.24) is 15.0 Å². The molecule has 0 amide bonds. The minimum Gasteiger partial charge on any atom is -0.372 e. The summed E-state index contributed by atoms with van der Waals surface area (Å²) >= 11 is 6.22. The molecule has 1 aromatic heterocycles. The topological polar surface area (TPSA) is 155 Å². The first kappa shape index (κ1) is 29.5. The lowest BCUT2D eigenvalue weighted by Crippen LogP contribution is -2.29. The lowest BCUT2D eigenvalue weighted by Gasteiger charge is -2.23. The summed E-state index contributed by atoms with van der Waals surface area (Å²) in [5.74, 6) is -0.706. The standard InChI is InChI=1S/C23H29ClN6O6S2/c1-3-29(4-2)20-12-8-9-18(17-20)25-22-26-21(24)27-23(28-22)30(19-10-6-5-7-11-19)13-15-37(31,32)16-14-36-38(33,34)35/h5-12,17H,3-4,13-16H2,1-2H3,(H,33,34,35)(H,25,26,27,28). The summed E-state index contributed by atoms with van der Waals surface area (Å²) in [5, 5.41) is 3.04. The summed E-state index contributed by atoms with van der Waals surface area (Å²) in [5.41, 5.74) is 2.36. The monoisotopic (exact) mass is 584 g/mol. The van der Waals surface area contributed by atoms with E-state index in [-0.39, 0.29) is 29.5 Å². The molecule has 0 aliphatic rings. The van der Waals surface area contributed by atoms with Crippen LogP contribution in [0.5, 0.6) is 0 Å². The molecule has 0 unspecified atom stereocenters. The van der Waals surface area contributed by atoms with E-state index >= 15 is 0 Å². The number of aromatic nitrogens is 3. The van der Waals surface area contributed by atoms with Crippen molar-refractivity contribution in [2.24, 2.45) is 0 Å². The Morgan fingerprint density at radius 3 is 2.26 bits per heavy atom. The van der Waals surface area contributed by atoms with Crippen molar-refractivity contribution in [2.75, 3.05) is 52.9 Å². The van der Waals surface area contributed by atoms with Crippen molar-refractivity contribution in [3.05, 3.63) is 59.9 Å². The van der Waals surface area contributed by atoms with Crippen molar-refractivity contribution in [1.29, 1.82) is 0 Å². The summed E-state index contributed by atoms with van der Waals surface area (Å²) in [6.45, 7) is 5.06. The van der Waals surface area contributed by atoms with Crippen LogP contribution in [-0.4, -0.2) is 74.1 Å². The van der Waals surface area contributed by atoms with Crippen molar-refractivity contribution >= 4 is 60.8 Å². The van der Waals surface area contributed by atoms with Crippen molar-refractivity contribution in [3.8, 4) is 0 Å². The van der Waals surface area contributed by atoms with Gasteiger partial charge in [0.05, 0.1) is 18.1 Å². The van der Waals surface area contributed by atoms with E-state index < -0.39 is 32.6 Å². The molecular formula is C23H29ClN6O6S2. The second kappa shape index (κ2) is 13.2. The Kier molecular flexibility index (Phi) is 10.2. The third kappa shape index (κ3) is 9.06. The molecule has 0 bridgehead atoms. The normalized spacial score (nSPS) is 11.8. The number of nitrogens with one attached hydrogen (secondary N) is 1. The highest BCUT2D eigenvalue weighted by Gasteiger charge is 2.20. The van der Waals surface area contributed by atoms with E-state index in [1.807, 2.05) is 24.3 Å². The summed E-state index contributed by atoms with van der Waals surface area (Å²) in [7, 11) is -8.50. The largest absolute Gasteiger partial charge is 0.397 e. The molecule has 38 heavy (non-hydrogen) atoms. The fourth-order valence-electron chi connectivity index (χ4n) is 3.57. The number of nitrogens with zero attached hydrogens (tertiary/aromatic N) is 5. The first-order valence-corrected chi connectivity index (χ1v) is 15.2. The van der Waals surface area contributed by atoms with Crippen LogP contribution < -0.4 is 15.1 Å². The number of hydrogen-bond acceptors (Lipinski definition) is 11. The molecule has 12 nitrogen and oxygen atoms in total. The van der Waals surface area contributed by atoms with E-state index in [0.717, 1.165) is 24.5 Å². The number of halogens is 1. The Labute approximate surface area is 227 Å². The molecule has 3 rings (SSSR count). The van der Waals surface area contributed by atoms with Gasteiger partial charge in [-0.15, -0.1) is 0 Å². The first-order chi connectivity index (χ1) is 18.0. The average molecular weight is 585 g/mol. The molecule has 3 aromatic rings. The molecule has 0 saturated carbocycles. The van der Waals surface area contributed by atoms with Crippen LogP contribution >= 0.6 is 11.6 Å². The van der Waals surface area contributed by atoms with E-state index in [4.69, 9.17) is 16.2 Å². The Bertz CT molecular complexity index is 1420. The van der Waals surface area contributed by atoms with Gasteiger partial charge in [0, 0.05) is 36.7 Å². The minimum atomic E-state index is -4.74. The smallest absolute Gasteiger partial charge is 0.372 e. The second-order valence-corrected chi connectivity index (χ2v) is 11.7. The van der Waals surface area contributed by atoms with Gasteiger partial charge in [-0.1, -0.05) is 24.3 Å². The SMILES string of the molecule is CCN(CC)c1cccc(Nc2nc(Cl)nc(N(CCS(=O)(=O)CCOS(=O)(=O)O)c3ccccc3)n2)c1. The molecular weight excluding hydrogens is 556 g/mol. The second-order valence-electron chi connectivity index (χ2n) is 7.96. The fourth-order valence-corrected chi connectivity index (χ4v) is 5.12. The minimum absolute atomic E-state index is 0.0740. The summed E-state index contributed by atoms with van der Waals surface area (Å²) in [4.78, 5) is 16.6. The lowest BCUT2D eigenvalue weighted by molar-refractivity contribution is 0.284. The third-order valence-corrected chi connectivity index (χ3v) is 7.62. The van der Waals surface area contributed by atoms with Crippen LogP contribution in [0.3, 0.4) is 0 Å². The van der Waals surface area contributed by atoms with Crippen molar-refractivity contribution in [3.63, 3.8) is 0 Å². The Morgan fingerprint density at radius 1 is 0.921 bits per heavy atom. The maximum absolute atomic E-state index is 12.5. The summed E-state index contributed by atoms with van der Waals surface area (Å²) in [6, 6.07) is 16.6. The average Bonchev–Trinajstić information content (AvgIpc) is 2.84. The summed E-state index contributed by atoms with van der Waals surface area (Å²) in [6.07, 6.45) is 0. The van der Waals surface area contributed by atoms with Crippen LogP contribution in [0.1, 0.15) is 13.8 Å². The summed E-state index contributed by atoms with van der Waals surface area (Å²) < 4.78 is 59.3. The molecule has 1 heterocycles. The highest BCUT2D eigenvalue weighted by atomic mass is 35.5. The number of sulfone groups is 1. The zero-order valence-corrected chi connectivity index (χ0v) is 23.2. The van der Waals surface area contributed by atoms with Crippen LogP contribution in [0.25, 0.3) is 0 Å². The molecule has 0 aliphatic heterocycles. The van der Waals surface area contributed by atoms with Gasteiger partial charge >= 0.3 is 10.4 Å². The molecule has 0 fully saturated rings. The van der Waals surface area contributed by atoms with Gasteiger partial charge < -0.3 is 15.1 Å². The maximum atomic E-state index is 12.5. The number of benzene rings is 2. The molecule has 2 aromatic carbocycles. The van der Waals surface area contributed by atoms with Crippen LogP contribution in [0.2, 0.25) is 5.28 Å². The van der Waals surface area contributed by atoms with Crippen LogP contribution in [0.4, 0.5) is 29.0 Å². The van der Waals surface area contributed by atoms with E-state index in [2.05, 4.69) is 43.2 Å². The van der Waals surface area contributed by atoms with Gasteiger partial charge in [-0.05, 0) is 55.8 Å². The molecule has 2 N–H and O–H groups in total. The van der Waals surface area contributed by atoms with E-state index in [1.54, 1.807) is 35.2 Å². The predicted octanol–water partition coefficient (Wildman–Crippen LogP) is 3.49. The van der Waals surface area contributed by atoms with Gasteiger partial charge in [0.2, 0.25) is 17.2 Å². The third-order valence-electron chi connectivity index (χ3n) is 5.39. The molecule has 0 atom stereocenters. The van der Waals surface area contributed by atoms with Gasteiger partial charge in [-0.2, -0.15) is 23.4 Å². The van der Waals surface area contributed by atoms with Crippen molar-refractivity contribution < 1.29 is 25.6 Å². The Morgan fingerprint density at radius 2 is 1.61 bits per heavy atom. The van der Waals surface area contributed by atoms with Gasteiger partial charge in [0.25, 0.3) is 0 Å². The molecule has 0 aliphatic carbocycles. The maximum Gasteiger partial charge on any atom is 0.397 e. The highest BCUT2D eigenvalue weighted by molar-refractivity contribution is 7.91. The van der Waals surface area contributed by atoms with Crippen LogP contribution in [0.15, 0.2) is 54.6 Å². The van der Waals surface area contributed by atoms with Gasteiger partial charge in [0.15, 0.2) is 9.84 Å². The molecule has 15 heteroatoms. The zero-order valence-electron chi connectivity index (χ0n) is 20.9. The molecule has 0 saturated heterocycles. The number of para-hydroxylation sites is 1. The lowest BCUT2D eigenvalue weighted by atomic mass is 10.2. The number of anilines is 5. The first-order valence-electron chi connectivity index (χ1n) is 11.7. The van der Waals surface area contributed by atoms with E-state index in [1.165, 1.54) is 0 Å². The fraction of sp³-hybridized carbons (Fsp3) is 0.348. The predicted molar refractivity (Wildman–Crippen MR) is 148 cm³/mol. The van der Waals surface area contributed by atoms with Gasteiger partial charge in [-0.3, -0.25) is 4.55 Å². The molecule has 206 valence electrons. The van der Waals surface area contributed by atoms with Crippen LogP contribution in [0, 0.1) is 0 Å². The Hall–Kier alpha value is -3.04. The molecule has 0 radical (unpaired) electrons. The van der Waals surface area contributed by atoms with Crippen LogP contribution in [-0.2, 0) is 24.4 Å². The number of rotatable bonds is 14. The zero-order chi connectivity index (χ0) is 27.8. The quantitative estimate of drug-likeness (QED) is 0.266. The highest BCUT2D eigenvalue weighted by Crippen LogP contribution is 2.26. The number of hydrogen-bond donors (Lipinski definition) is 2. The van der Waals surface area contributed by atoms with Gasteiger partial charge in [0.1, 0.15) is 0 Å².